The first kappa shape index (κ1) is 18.0. The number of hydrogen-bond acceptors (Lipinski definition) is 1. The van der Waals surface area contributed by atoms with Crippen molar-refractivity contribution in [3.05, 3.63) is 71.0 Å². The summed E-state index contributed by atoms with van der Waals surface area (Å²) in [6.07, 6.45) is 6.34. The molecule has 2 atom stereocenters. The summed E-state index contributed by atoms with van der Waals surface area (Å²) in [4.78, 5) is 14.1. The summed E-state index contributed by atoms with van der Waals surface area (Å²) < 4.78 is 4.61. The van der Waals surface area contributed by atoms with Gasteiger partial charge < -0.3 is 9.13 Å². The Labute approximate surface area is 177 Å². The van der Waals surface area contributed by atoms with Gasteiger partial charge in [-0.25, -0.2) is 0 Å². The van der Waals surface area contributed by atoms with Gasteiger partial charge in [0, 0.05) is 47.3 Å². The van der Waals surface area contributed by atoms with Crippen molar-refractivity contribution in [3.8, 4) is 0 Å². The molecule has 6 rings (SSSR count). The van der Waals surface area contributed by atoms with Crippen molar-refractivity contribution in [1.82, 2.24) is 9.13 Å². The topological polar surface area (TPSA) is 26.9 Å². The predicted octanol–water partition coefficient (Wildman–Crippen LogP) is 5.78. The molecule has 30 heavy (non-hydrogen) atoms. The Morgan fingerprint density at radius 3 is 1.63 bits per heavy atom. The Balaban J connectivity index is 1.49. The molecule has 0 fully saturated rings. The Bertz CT molecular complexity index is 1210. The van der Waals surface area contributed by atoms with Crippen molar-refractivity contribution in [2.75, 3.05) is 0 Å². The average Bonchev–Trinajstić information content (AvgIpc) is 3.26. The lowest BCUT2D eigenvalue weighted by Gasteiger charge is -2.30. The van der Waals surface area contributed by atoms with Crippen LogP contribution >= 0.6 is 0 Å². The first-order valence-corrected chi connectivity index (χ1v) is 11.3. The number of aryl methyl sites for hydroxylation is 4. The van der Waals surface area contributed by atoms with Crippen LogP contribution in [0.2, 0.25) is 0 Å². The lowest BCUT2D eigenvalue weighted by molar-refractivity contribution is -0.122. The van der Waals surface area contributed by atoms with Crippen LogP contribution in [0, 0.1) is 0 Å². The second kappa shape index (κ2) is 6.60. The van der Waals surface area contributed by atoms with Crippen molar-refractivity contribution in [3.63, 3.8) is 0 Å². The third kappa shape index (κ3) is 2.35. The molecule has 2 aliphatic rings. The summed E-state index contributed by atoms with van der Waals surface area (Å²) >= 11 is 0. The van der Waals surface area contributed by atoms with Gasteiger partial charge in [0.1, 0.15) is 0 Å². The highest BCUT2D eigenvalue weighted by atomic mass is 16.1. The quantitative estimate of drug-likeness (QED) is 0.422. The molecule has 3 heteroatoms. The van der Waals surface area contributed by atoms with E-state index in [1.165, 1.54) is 44.3 Å². The molecule has 2 unspecified atom stereocenters. The molecule has 2 heterocycles. The van der Waals surface area contributed by atoms with Crippen molar-refractivity contribution in [1.29, 1.82) is 0 Å². The van der Waals surface area contributed by atoms with E-state index in [1.54, 1.807) is 0 Å². The van der Waals surface area contributed by atoms with E-state index in [1.807, 2.05) is 0 Å². The molecule has 0 saturated heterocycles. The molecular formula is C27H28N2O. The first-order chi connectivity index (χ1) is 14.7. The van der Waals surface area contributed by atoms with Gasteiger partial charge in [-0.05, 0) is 61.8 Å². The molecule has 3 nitrogen and oxygen atoms in total. The van der Waals surface area contributed by atoms with Gasteiger partial charge in [0.05, 0.1) is 11.8 Å². The standard InChI is InChI=1S/C27H28N2O/c1-28-23-15-5-3-9-17(23)19-11-7-13-21(25(19)28)27(30)22-14-8-12-20-18-10-4-6-16-24(18)29(2)26(20)22/h3-6,9-10,15-16,21-22H,7-8,11-14H2,1-2H3. The van der Waals surface area contributed by atoms with E-state index >= 15 is 0 Å². The van der Waals surface area contributed by atoms with E-state index in [2.05, 4.69) is 71.8 Å². The molecule has 0 amide bonds. The number of hydrogen-bond donors (Lipinski definition) is 0. The highest BCUT2D eigenvalue weighted by Gasteiger charge is 2.38. The minimum Gasteiger partial charge on any atom is -0.347 e. The van der Waals surface area contributed by atoms with Crippen molar-refractivity contribution < 1.29 is 4.79 Å². The molecule has 0 saturated carbocycles. The van der Waals surface area contributed by atoms with Crippen molar-refractivity contribution in [2.24, 2.45) is 14.1 Å². The average molecular weight is 397 g/mol. The fraction of sp³-hybridized carbons (Fsp3) is 0.370. The molecule has 0 N–H and O–H groups in total. The highest BCUT2D eigenvalue weighted by molar-refractivity contribution is 5.97. The number of rotatable bonds is 2. The fourth-order valence-corrected chi connectivity index (χ4v) is 6.43. The van der Waals surface area contributed by atoms with E-state index in [0.29, 0.717) is 5.78 Å². The number of Topliss-reactive ketones (excluding diaryl/α,β-unsaturated/α-hetero) is 1. The Kier molecular flexibility index (Phi) is 3.96. The van der Waals surface area contributed by atoms with Crippen LogP contribution in [-0.2, 0) is 31.7 Å². The van der Waals surface area contributed by atoms with Crippen LogP contribution in [-0.4, -0.2) is 14.9 Å². The molecule has 2 aliphatic carbocycles. The fourth-order valence-electron chi connectivity index (χ4n) is 6.43. The summed E-state index contributed by atoms with van der Waals surface area (Å²) in [7, 11) is 4.30. The maximum absolute atomic E-state index is 14.1. The number of fused-ring (bicyclic) bond motifs is 6. The predicted molar refractivity (Wildman–Crippen MR) is 122 cm³/mol. The molecular weight excluding hydrogens is 368 g/mol. The Hall–Kier alpha value is -2.81. The molecule has 0 aliphatic heterocycles. The molecule has 2 aromatic carbocycles. The summed E-state index contributed by atoms with van der Waals surface area (Å²) in [6.45, 7) is 0. The third-order valence-corrected chi connectivity index (χ3v) is 7.71. The van der Waals surface area contributed by atoms with Crippen LogP contribution < -0.4 is 0 Å². The zero-order valence-corrected chi connectivity index (χ0v) is 17.8. The van der Waals surface area contributed by atoms with E-state index in [9.17, 15) is 4.79 Å². The van der Waals surface area contributed by atoms with E-state index < -0.39 is 0 Å². The molecule has 0 spiro atoms. The number of ketones is 1. The first-order valence-electron chi connectivity index (χ1n) is 11.3. The number of para-hydroxylation sites is 2. The van der Waals surface area contributed by atoms with Gasteiger partial charge in [-0.15, -0.1) is 0 Å². The van der Waals surface area contributed by atoms with Crippen LogP contribution in [0.5, 0.6) is 0 Å². The van der Waals surface area contributed by atoms with Crippen LogP contribution in [0.4, 0.5) is 0 Å². The van der Waals surface area contributed by atoms with E-state index in [0.717, 1.165) is 38.5 Å². The van der Waals surface area contributed by atoms with Crippen LogP contribution in [0.25, 0.3) is 21.8 Å². The van der Waals surface area contributed by atoms with E-state index in [4.69, 9.17) is 0 Å². The van der Waals surface area contributed by atoms with Gasteiger partial charge >= 0.3 is 0 Å². The molecule has 2 aromatic heterocycles. The highest BCUT2D eigenvalue weighted by Crippen LogP contribution is 2.45. The zero-order chi connectivity index (χ0) is 20.4. The monoisotopic (exact) mass is 396 g/mol. The van der Waals surface area contributed by atoms with Gasteiger partial charge in [0.2, 0.25) is 0 Å². The van der Waals surface area contributed by atoms with Crippen LogP contribution in [0.15, 0.2) is 48.5 Å². The lowest BCUT2D eigenvalue weighted by Crippen LogP contribution is -2.28. The minimum absolute atomic E-state index is 0.0140. The lowest BCUT2D eigenvalue weighted by atomic mass is 9.75. The minimum atomic E-state index is 0.0140. The summed E-state index contributed by atoms with van der Waals surface area (Å²) in [5.74, 6) is 0.467. The number of aromatic nitrogens is 2. The molecule has 0 bridgehead atoms. The number of carbonyl (C=O) groups is 1. The molecule has 152 valence electrons. The maximum Gasteiger partial charge on any atom is 0.150 e. The Morgan fingerprint density at radius 1 is 0.733 bits per heavy atom. The summed E-state index contributed by atoms with van der Waals surface area (Å²) in [6, 6.07) is 17.3. The molecule has 0 radical (unpaired) electrons. The maximum atomic E-state index is 14.1. The van der Waals surface area contributed by atoms with Gasteiger partial charge in [0.25, 0.3) is 0 Å². The normalized spacial score (nSPS) is 21.0. The zero-order valence-electron chi connectivity index (χ0n) is 17.8. The molecule has 4 aromatic rings. The SMILES string of the molecule is Cn1c2c(c3ccccc31)CCCC2C(=O)C1CCCc2c1n(C)c1ccccc21. The largest absolute Gasteiger partial charge is 0.347 e. The van der Waals surface area contributed by atoms with Gasteiger partial charge in [-0.2, -0.15) is 0 Å². The number of benzene rings is 2. The van der Waals surface area contributed by atoms with E-state index in [-0.39, 0.29) is 11.8 Å². The third-order valence-electron chi connectivity index (χ3n) is 7.71. The smallest absolute Gasteiger partial charge is 0.150 e. The van der Waals surface area contributed by atoms with Crippen molar-refractivity contribution in [2.45, 2.75) is 50.4 Å². The van der Waals surface area contributed by atoms with Crippen molar-refractivity contribution >= 4 is 27.6 Å². The summed E-state index contributed by atoms with van der Waals surface area (Å²) in [5.41, 5.74) is 7.89. The van der Waals surface area contributed by atoms with Gasteiger partial charge in [0.15, 0.2) is 5.78 Å². The number of nitrogens with zero attached hydrogens (tertiary/aromatic N) is 2. The van der Waals surface area contributed by atoms with Gasteiger partial charge in [-0.3, -0.25) is 4.79 Å². The van der Waals surface area contributed by atoms with Crippen LogP contribution in [0.3, 0.4) is 0 Å². The second-order valence-corrected chi connectivity index (χ2v) is 9.17. The Morgan fingerprint density at radius 2 is 1.17 bits per heavy atom. The van der Waals surface area contributed by atoms with Crippen LogP contribution in [0.1, 0.15) is 60.0 Å². The summed E-state index contributed by atoms with van der Waals surface area (Å²) in [5, 5.41) is 2.67. The second-order valence-electron chi connectivity index (χ2n) is 9.17. The number of carbonyl (C=O) groups excluding carboxylic acids is 1. The van der Waals surface area contributed by atoms with Gasteiger partial charge in [-0.1, -0.05) is 36.4 Å².